The van der Waals surface area contributed by atoms with E-state index in [4.69, 9.17) is 10.5 Å². The van der Waals surface area contributed by atoms with E-state index in [0.29, 0.717) is 24.8 Å². The Balaban J connectivity index is 2.42. The Bertz CT molecular complexity index is 481. The number of nitrogens with two attached hydrogens (primary N) is 1. The second-order valence-electron chi connectivity index (χ2n) is 4.65. The third-order valence-electron chi connectivity index (χ3n) is 3.41. The van der Waals surface area contributed by atoms with Gasteiger partial charge in [0.2, 0.25) is 5.82 Å². The Kier molecular flexibility index (Phi) is 3.79. The standard InChI is InChI=1S/C11H17N5O3/c1-7-3-8(4-12)5-15(7)10-9(16(17)18)11(19-2)14-6-13-10/h6-8H,3-5,12H2,1-2H3. The van der Waals surface area contributed by atoms with E-state index in [9.17, 15) is 10.1 Å². The van der Waals surface area contributed by atoms with Crippen molar-refractivity contribution in [3.63, 3.8) is 0 Å². The summed E-state index contributed by atoms with van der Waals surface area (Å²) >= 11 is 0. The molecule has 2 N–H and O–H groups in total. The van der Waals surface area contributed by atoms with Gasteiger partial charge >= 0.3 is 5.69 Å². The normalized spacial score (nSPS) is 22.6. The molecule has 19 heavy (non-hydrogen) atoms. The monoisotopic (exact) mass is 267 g/mol. The van der Waals surface area contributed by atoms with Crippen LogP contribution in [0, 0.1) is 16.0 Å². The topological polar surface area (TPSA) is 107 Å². The fraction of sp³-hybridized carbons (Fsp3) is 0.636. The zero-order valence-electron chi connectivity index (χ0n) is 10.9. The molecule has 2 rings (SSSR count). The summed E-state index contributed by atoms with van der Waals surface area (Å²) in [6, 6.07) is 0.159. The molecule has 2 unspecified atom stereocenters. The fourth-order valence-electron chi connectivity index (χ4n) is 2.48. The molecule has 0 aliphatic carbocycles. The molecule has 1 aliphatic heterocycles. The van der Waals surface area contributed by atoms with Crippen molar-refractivity contribution in [2.45, 2.75) is 19.4 Å². The smallest absolute Gasteiger partial charge is 0.372 e. The summed E-state index contributed by atoms with van der Waals surface area (Å²) in [5.74, 6) is 0.620. The summed E-state index contributed by atoms with van der Waals surface area (Å²) in [6.45, 7) is 3.24. The first-order valence-corrected chi connectivity index (χ1v) is 6.08. The predicted octanol–water partition coefficient (Wildman–Crippen LogP) is 0.567. The lowest BCUT2D eigenvalue weighted by Crippen LogP contribution is -2.29. The largest absolute Gasteiger partial charge is 0.476 e. The van der Waals surface area contributed by atoms with Gasteiger partial charge in [-0.15, -0.1) is 0 Å². The van der Waals surface area contributed by atoms with Gasteiger partial charge in [0.25, 0.3) is 5.88 Å². The minimum atomic E-state index is -0.503. The molecule has 1 fully saturated rings. The number of methoxy groups -OCH3 is 1. The number of rotatable bonds is 4. The summed E-state index contributed by atoms with van der Waals surface area (Å²) < 4.78 is 4.95. The van der Waals surface area contributed by atoms with Crippen molar-refractivity contribution in [1.82, 2.24) is 9.97 Å². The molecule has 8 nitrogen and oxygen atoms in total. The van der Waals surface area contributed by atoms with Crippen LogP contribution in [0.25, 0.3) is 0 Å². The van der Waals surface area contributed by atoms with Gasteiger partial charge in [0.15, 0.2) is 0 Å². The number of aromatic nitrogens is 2. The molecule has 0 bridgehead atoms. The average molecular weight is 267 g/mol. The van der Waals surface area contributed by atoms with Gasteiger partial charge < -0.3 is 15.4 Å². The number of nitro groups is 1. The number of hydrogen-bond acceptors (Lipinski definition) is 7. The lowest BCUT2D eigenvalue weighted by atomic mass is 10.1. The third kappa shape index (κ3) is 2.43. The van der Waals surface area contributed by atoms with Gasteiger partial charge in [0.1, 0.15) is 6.33 Å². The van der Waals surface area contributed by atoms with Crippen molar-refractivity contribution in [2.24, 2.45) is 11.7 Å². The molecule has 1 aromatic heterocycles. The maximum absolute atomic E-state index is 11.2. The average Bonchev–Trinajstić information content (AvgIpc) is 2.78. The van der Waals surface area contributed by atoms with Gasteiger partial charge in [-0.3, -0.25) is 10.1 Å². The second-order valence-corrected chi connectivity index (χ2v) is 4.65. The van der Waals surface area contributed by atoms with Gasteiger partial charge in [-0.1, -0.05) is 0 Å². The molecule has 1 saturated heterocycles. The third-order valence-corrected chi connectivity index (χ3v) is 3.41. The Labute approximate surface area is 110 Å². The van der Waals surface area contributed by atoms with Crippen molar-refractivity contribution in [1.29, 1.82) is 0 Å². The summed E-state index contributed by atoms with van der Waals surface area (Å²) in [6.07, 6.45) is 2.18. The van der Waals surface area contributed by atoms with E-state index < -0.39 is 4.92 Å². The van der Waals surface area contributed by atoms with Gasteiger partial charge in [-0.05, 0) is 25.8 Å². The Hall–Kier alpha value is -1.96. The van der Waals surface area contributed by atoms with E-state index >= 15 is 0 Å². The van der Waals surface area contributed by atoms with Crippen molar-refractivity contribution < 1.29 is 9.66 Å². The highest BCUT2D eigenvalue weighted by Crippen LogP contribution is 2.37. The van der Waals surface area contributed by atoms with E-state index in [1.165, 1.54) is 13.4 Å². The summed E-state index contributed by atoms with van der Waals surface area (Å²) in [5, 5.41) is 11.2. The Morgan fingerprint density at radius 1 is 1.63 bits per heavy atom. The van der Waals surface area contributed by atoms with Crippen molar-refractivity contribution in [3.8, 4) is 5.88 Å². The van der Waals surface area contributed by atoms with Crippen LogP contribution < -0.4 is 15.4 Å². The first-order chi connectivity index (χ1) is 9.08. The maximum Gasteiger partial charge on any atom is 0.372 e. The minimum Gasteiger partial charge on any atom is -0.476 e. The van der Waals surface area contributed by atoms with Crippen LogP contribution in [0.15, 0.2) is 6.33 Å². The van der Waals surface area contributed by atoms with Crippen LogP contribution >= 0.6 is 0 Å². The van der Waals surface area contributed by atoms with Crippen LogP contribution in [0.3, 0.4) is 0 Å². The lowest BCUT2D eigenvalue weighted by molar-refractivity contribution is -0.385. The van der Waals surface area contributed by atoms with E-state index in [2.05, 4.69) is 9.97 Å². The van der Waals surface area contributed by atoms with E-state index in [1.54, 1.807) is 0 Å². The molecule has 0 saturated carbocycles. The highest BCUT2D eigenvalue weighted by molar-refractivity contribution is 5.63. The molecule has 2 atom stereocenters. The molecule has 0 radical (unpaired) electrons. The number of hydrogen-bond donors (Lipinski definition) is 1. The predicted molar refractivity (Wildman–Crippen MR) is 69.2 cm³/mol. The zero-order chi connectivity index (χ0) is 14.0. The molecular formula is C11H17N5O3. The van der Waals surface area contributed by atoms with E-state index in [1.807, 2.05) is 11.8 Å². The second kappa shape index (κ2) is 5.35. The lowest BCUT2D eigenvalue weighted by Gasteiger charge is -2.22. The summed E-state index contributed by atoms with van der Waals surface area (Å²) in [4.78, 5) is 20.5. The van der Waals surface area contributed by atoms with Crippen LogP contribution in [0.4, 0.5) is 11.5 Å². The first kappa shape index (κ1) is 13.5. The molecular weight excluding hydrogens is 250 g/mol. The molecule has 0 spiro atoms. The van der Waals surface area contributed by atoms with Crippen LogP contribution in [-0.2, 0) is 0 Å². The van der Waals surface area contributed by atoms with Crippen molar-refractivity contribution in [3.05, 3.63) is 16.4 Å². The highest BCUT2D eigenvalue weighted by atomic mass is 16.6. The number of anilines is 1. The number of ether oxygens (including phenoxy) is 1. The number of nitrogens with zero attached hydrogens (tertiary/aromatic N) is 4. The Morgan fingerprint density at radius 3 is 2.89 bits per heavy atom. The minimum absolute atomic E-state index is 0.0154. The maximum atomic E-state index is 11.2. The molecule has 0 amide bonds. The van der Waals surface area contributed by atoms with Crippen LogP contribution in [-0.4, -0.2) is 41.1 Å². The first-order valence-electron chi connectivity index (χ1n) is 6.08. The van der Waals surface area contributed by atoms with Gasteiger partial charge in [-0.25, -0.2) is 4.98 Å². The zero-order valence-corrected chi connectivity index (χ0v) is 10.9. The molecule has 0 aromatic carbocycles. The summed E-state index contributed by atoms with van der Waals surface area (Å²) in [5.41, 5.74) is 5.49. The molecule has 8 heteroatoms. The van der Waals surface area contributed by atoms with E-state index in [0.717, 1.165) is 6.42 Å². The summed E-state index contributed by atoms with van der Waals surface area (Å²) in [7, 11) is 1.36. The SMILES string of the molecule is COc1ncnc(N2CC(CN)CC2C)c1[N+](=O)[O-]. The van der Waals surface area contributed by atoms with E-state index in [-0.39, 0.29) is 17.6 Å². The van der Waals surface area contributed by atoms with Gasteiger partial charge in [0.05, 0.1) is 12.0 Å². The molecule has 1 aliphatic rings. The van der Waals surface area contributed by atoms with Crippen LogP contribution in [0.2, 0.25) is 0 Å². The van der Waals surface area contributed by atoms with Crippen molar-refractivity contribution >= 4 is 11.5 Å². The fourth-order valence-corrected chi connectivity index (χ4v) is 2.48. The highest BCUT2D eigenvalue weighted by Gasteiger charge is 2.35. The molecule has 2 heterocycles. The Morgan fingerprint density at radius 2 is 2.37 bits per heavy atom. The van der Waals surface area contributed by atoms with Crippen LogP contribution in [0.5, 0.6) is 5.88 Å². The molecule has 1 aromatic rings. The van der Waals surface area contributed by atoms with Gasteiger partial charge in [-0.2, -0.15) is 4.98 Å². The molecule has 104 valence electrons. The van der Waals surface area contributed by atoms with Crippen LogP contribution in [0.1, 0.15) is 13.3 Å². The quantitative estimate of drug-likeness (QED) is 0.627. The van der Waals surface area contributed by atoms with Gasteiger partial charge in [0, 0.05) is 12.6 Å². The van der Waals surface area contributed by atoms with Crippen molar-refractivity contribution in [2.75, 3.05) is 25.1 Å².